The van der Waals surface area contributed by atoms with Crippen LogP contribution >= 0.6 is 11.3 Å². The SMILES string of the molecule is Fc1ccc2nc(-c3ccccc3F)sc2c1. The average molecular weight is 247 g/mol. The molecule has 0 fully saturated rings. The minimum Gasteiger partial charge on any atom is -0.236 e. The topological polar surface area (TPSA) is 12.9 Å². The Kier molecular flexibility index (Phi) is 2.37. The van der Waals surface area contributed by atoms with Gasteiger partial charge in [-0.25, -0.2) is 13.8 Å². The van der Waals surface area contributed by atoms with E-state index in [0.29, 0.717) is 16.1 Å². The van der Waals surface area contributed by atoms with E-state index in [2.05, 4.69) is 4.98 Å². The molecule has 0 aliphatic rings. The molecule has 0 N–H and O–H groups in total. The highest BCUT2D eigenvalue weighted by atomic mass is 32.1. The van der Waals surface area contributed by atoms with E-state index in [-0.39, 0.29) is 11.6 Å². The maximum Gasteiger partial charge on any atom is 0.133 e. The van der Waals surface area contributed by atoms with Crippen LogP contribution in [0.25, 0.3) is 20.8 Å². The molecule has 0 aliphatic carbocycles. The summed E-state index contributed by atoms with van der Waals surface area (Å²) >= 11 is 1.29. The first-order valence-corrected chi connectivity index (χ1v) is 5.87. The van der Waals surface area contributed by atoms with Crippen molar-refractivity contribution in [3.63, 3.8) is 0 Å². The summed E-state index contributed by atoms with van der Waals surface area (Å²) in [7, 11) is 0. The Morgan fingerprint density at radius 3 is 2.65 bits per heavy atom. The Morgan fingerprint density at radius 1 is 1.00 bits per heavy atom. The van der Waals surface area contributed by atoms with Crippen molar-refractivity contribution >= 4 is 21.6 Å². The summed E-state index contributed by atoms with van der Waals surface area (Å²) < 4.78 is 27.3. The first-order valence-electron chi connectivity index (χ1n) is 5.05. The van der Waals surface area contributed by atoms with Crippen LogP contribution in [0, 0.1) is 11.6 Å². The zero-order chi connectivity index (χ0) is 11.8. The predicted octanol–water partition coefficient (Wildman–Crippen LogP) is 4.24. The zero-order valence-electron chi connectivity index (χ0n) is 8.65. The van der Waals surface area contributed by atoms with Gasteiger partial charge in [-0.3, -0.25) is 0 Å². The molecule has 84 valence electrons. The average Bonchev–Trinajstić information content (AvgIpc) is 2.72. The van der Waals surface area contributed by atoms with Crippen LogP contribution in [0.15, 0.2) is 42.5 Å². The molecule has 1 heterocycles. The van der Waals surface area contributed by atoms with Crippen LogP contribution in [0.4, 0.5) is 8.78 Å². The van der Waals surface area contributed by atoms with Crippen LogP contribution in [0.1, 0.15) is 0 Å². The number of hydrogen-bond acceptors (Lipinski definition) is 2. The molecule has 1 nitrogen and oxygen atoms in total. The van der Waals surface area contributed by atoms with E-state index >= 15 is 0 Å². The Labute approximate surface area is 100 Å². The molecule has 3 rings (SSSR count). The summed E-state index contributed by atoms with van der Waals surface area (Å²) in [5.41, 5.74) is 1.14. The molecule has 4 heteroatoms. The Balaban J connectivity index is 2.22. The second-order valence-corrected chi connectivity index (χ2v) is 4.64. The summed E-state index contributed by atoms with van der Waals surface area (Å²) in [6, 6.07) is 10.8. The second kappa shape index (κ2) is 3.89. The maximum absolute atomic E-state index is 13.6. The van der Waals surface area contributed by atoms with Gasteiger partial charge in [-0.1, -0.05) is 12.1 Å². The van der Waals surface area contributed by atoms with Gasteiger partial charge in [0.15, 0.2) is 0 Å². The number of nitrogens with zero attached hydrogens (tertiary/aromatic N) is 1. The van der Waals surface area contributed by atoms with Gasteiger partial charge in [0.05, 0.1) is 10.2 Å². The van der Waals surface area contributed by atoms with Crippen LogP contribution in [0.5, 0.6) is 0 Å². The van der Waals surface area contributed by atoms with Crippen molar-refractivity contribution in [3.8, 4) is 10.6 Å². The van der Waals surface area contributed by atoms with E-state index in [4.69, 9.17) is 0 Å². The summed E-state index contributed by atoms with van der Waals surface area (Å²) in [5, 5.41) is 0.573. The highest BCUT2D eigenvalue weighted by Crippen LogP contribution is 2.31. The smallest absolute Gasteiger partial charge is 0.133 e. The molecule has 3 aromatic rings. The van der Waals surface area contributed by atoms with Crippen LogP contribution < -0.4 is 0 Å². The summed E-state index contributed by atoms with van der Waals surface area (Å²) in [6.07, 6.45) is 0. The van der Waals surface area contributed by atoms with Gasteiger partial charge in [-0.2, -0.15) is 0 Å². The van der Waals surface area contributed by atoms with Gasteiger partial charge in [0.25, 0.3) is 0 Å². The van der Waals surface area contributed by atoms with E-state index in [9.17, 15) is 8.78 Å². The minimum atomic E-state index is -0.313. The number of aromatic nitrogens is 1. The van der Waals surface area contributed by atoms with Gasteiger partial charge in [-0.15, -0.1) is 11.3 Å². The zero-order valence-corrected chi connectivity index (χ0v) is 9.47. The van der Waals surface area contributed by atoms with Crippen molar-refractivity contribution in [2.24, 2.45) is 0 Å². The maximum atomic E-state index is 13.6. The van der Waals surface area contributed by atoms with Crippen molar-refractivity contribution in [1.82, 2.24) is 4.98 Å². The molecular formula is C13H7F2NS. The molecule has 0 amide bonds. The molecule has 0 saturated heterocycles. The highest BCUT2D eigenvalue weighted by Gasteiger charge is 2.10. The third-order valence-electron chi connectivity index (χ3n) is 2.45. The predicted molar refractivity (Wildman–Crippen MR) is 65.0 cm³/mol. The fourth-order valence-corrected chi connectivity index (χ4v) is 2.67. The monoisotopic (exact) mass is 247 g/mol. The quantitative estimate of drug-likeness (QED) is 0.626. The van der Waals surface area contributed by atoms with E-state index in [0.717, 1.165) is 4.70 Å². The number of benzene rings is 2. The number of halogens is 2. The highest BCUT2D eigenvalue weighted by molar-refractivity contribution is 7.21. The van der Waals surface area contributed by atoms with Crippen molar-refractivity contribution < 1.29 is 8.78 Å². The standard InChI is InChI=1S/C13H7F2NS/c14-8-5-6-11-12(7-8)17-13(16-11)9-3-1-2-4-10(9)15/h1-7H. The molecular weight excluding hydrogens is 240 g/mol. The van der Waals surface area contributed by atoms with E-state index in [1.54, 1.807) is 24.3 Å². The fourth-order valence-electron chi connectivity index (χ4n) is 1.65. The van der Waals surface area contributed by atoms with Crippen molar-refractivity contribution in [3.05, 3.63) is 54.1 Å². The fraction of sp³-hybridized carbons (Fsp3) is 0. The second-order valence-electron chi connectivity index (χ2n) is 3.61. The summed E-state index contributed by atoms with van der Waals surface area (Å²) in [4.78, 5) is 4.30. The van der Waals surface area contributed by atoms with Crippen LogP contribution in [0.3, 0.4) is 0 Å². The molecule has 0 bridgehead atoms. The van der Waals surface area contributed by atoms with E-state index in [1.807, 2.05) is 0 Å². The van der Waals surface area contributed by atoms with Gasteiger partial charge in [-0.05, 0) is 30.3 Å². The van der Waals surface area contributed by atoms with E-state index in [1.165, 1.54) is 29.5 Å². The molecule has 0 spiro atoms. The minimum absolute atomic E-state index is 0.304. The normalized spacial score (nSPS) is 10.9. The Hall–Kier alpha value is -1.81. The summed E-state index contributed by atoms with van der Waals surface area (Å²) in [5.74, 6) is -0.617. The van der Waals surface area contributed by atoms with Crippen LogP contribution in [-0.4, -0.2) is 4.98 Å². The van der Waals surface area contributed by atoms with Crippen LogP contribution in [-0.2, 0) is 0 Å². The first-order chi connectivity index (χ1) is 8.24. The van der Waals surface area contributed by atoms with E-state index < -0.39 is 0 Å². The number of thiazole rings is 1. The lowest BCUT2D eigenvalue weighted by atomic mass is 10.2. The lowest BCUT2D eigenvalue weighted by molar-refractivity contribution is 0.629. The lowest BCUT2D eigenvalue weighted by Gasteiger charge is -1.96. The number of hydrogen-bond donors (Lipinski definition) is 0. The molecule has 0 saturated carbocycles. The van der Waals surface area contributed by atoms with Gasteiger partial charge < -0.3 is 0 Å². The largest absolute Gasteiger partial charge is 0.236 e. The first kappa shape index (κ1) is 10.4. The summed E-state index contributed by atoms with van der Waals surface area (Å²) in [6.45, 7) is 0. The van der Waals surface area contributed by atoms with Crippen molar-refractivity contribution in [2.45, 2.75) is 0 Å². The Bertz CT molecular complexity index is 691. The van der Waals surface area contributed by atoms with Gasteiger partial charge in [0.1, 0.15) is 16.6 Å². The van der Waals surface area contributed by atoms with Gasteiger partial charge in [0.2, 0.25) is 0 Å². The molecule has 0 aliphatic heterocycles. The number of fused-ring (bicyclic) bond motifs is 1. The Morgan fingerprint density at radius 2 is 1.82 bits per heavy atom. The molecule has 17 heavy (non-hydrogen) atoms. The lowest BCUT2D eigenvalue weighted by Crippen LogP contribution is -1.81. The molecule has 0 radical (unpaired) electrons. The molecule has 2 aromatic carbocycles. The van der Waals surface area contributed by atoms with Crippen molar-refractivity contribution in [1.29, 1.82) is 0 Å². The van der Waals surface area contributed by atoms with Gasteiger partial charge in [0, 0.05) is 5.56 Å². The third-order valence-corrected chi connectivity index (χ3v) is 3.51. The molecule has 1 aromatic heterocycles. The number of rotatable bonds is 1. The van der Waals surface area contributed by atoms with Crippen LogP contribution in [0.2, 0.25) is 0 Å². The molecule has 0 atom stereocenters. The van der Waals surface area contributed by atoms with Gasteiger partial charge >= 0.3 is 0 Å². The van der Waals surface area contributed by atoms with Crippen molar-refractivity contribution in [2.75, 3.05) is 0 Å². The molecule has 0 unspecified atom stereocenters. The third kappa shape index (κ3) is 1.80.